The van der Waals surface area contributed by atoms with Crippen molar-refractivity contribution in [2.75, 3.05) is 0 Å². The van der Waals surface area contributed by atoms with E-state index in [2.05, 4.69) is 4.98 Å². The van der Waals surface area contributed by atoms with Crippen LogP contribution in [0.3, 0.4) is 0 Å². The predicted octanol–water partition coefficient (Wildman–Crippen LogP) is 5.35. The van der Waals surface area contributed by atoms with Gasteiger partial charge in [-0.05, 0) is 36.8 Å². The molecule has 2 rings (SSSR count). The zero-order valence-corrected chi connectivity index (χ0v) is 15.0. The van der Waals surface area contributed by atoms with Gasteiger partial charge in [-0.25, -0.2) is 4.98 Å². The zero-order valence-electron chi connectivity index (χ0n) is 15.0. The van der Waals surface area contributed by atoms with Crippen molar-refractivity contribution in [2.45, 2.75) is 45.6 Å². The van der Waals surface area contributed by atoms with E-state index in [0.717, 1.165) is 18.6 Å². The Bertz CT molecular complexity index is 730. The van der Waals surface area contributed by atoms with Gasteiger partial charge in [0.25, 0.3) is 0 Å². The highest BCUT2D eigenvalue weighted by Crippen LogP contribution is 2.30. The molecule has 0 saturated carbocycles. The fraction of sp³-hybridized carbons (Fsp3) is 0.368. The van der Waals surface area contributed by atoms with Crippen molar-refractivity contribution in [1.82, 2.24) is 4.98 Å². The van der Waals surface area contributed by atoms with Gasteiger partial charge < -0.3 is 14.2 Å². The fourth-order valence-corrected chi connectivity index (χ4v) is 2.07. The number of esters is 1. The molecule has 0 aliphatic carbocycles. The topological polar surface area (TPSA) is 57.7 Å². The molecule has 0 N–H and O–H groups in total. The lowest BCUT2D eigenvalue weighted by Gasteiger charge is -2.18. The number of carbonyl (C=O) groups excluding carboxylic acids is 1. The molecule has 1 aromatic carbocycles. The Morgan fingerprint density at radius 2 is 1.74 bits per heavy atom. The second-order valence-electron chi connectivity index (χ2n) is 5.64. The molecule has 1 atom stereocenters. The summed E-state index contributed by atoms with van der Waals surface area (Å²) < 4.78 is 53.9. The summed E-state index contributed by atoms with van der Waals surface area (Å²) in [7, 11) is 0. The standard InChI is InChI=1S/C19H20F3NO4/c1-3-5-18(27-17(24)4-2)26-15-9-7-14(8-10-15)25-16-11-6-13(12-23-16)19(20,21)22/h6-12,18H,3-5H2,1-2H3. The minimum atomic E-state index is -4.44. The van der Waals surface area contributed by atoms with Crippen molar-refractivity contribution < 1.29 is 32.2 Å². The number of benzene rings is 1. The van der Waals surface area contributed by atoms with Gasteiger partial charge in [-0.15, -0.1) is 0 Å². The van der Waals surface area contributed by atoms with Crippen molar-refractivity contribution in [2.24, 2.45) is 0 Å². The number of pyridine rings is 1. The first-order chi connectivity index (χ1) is 12.8. The van der Waals surface area contributed by atoms with E-state index in [-0.39, 0.29) is 18.3 Å². The van der Waals surface area contributed by atoms with Crippen LogP contribution in [0.1, 0.15) is 38.7 Å². The molecular weight excluding hydrogens is 363 g/mol. The number of aromatic nitrogens is 1. The largest absolute Gasteiger partial charge is 0.455 e. The normalized spacial score (nSPS) is 12.3. The average molecular weight is 383 g/mol. The summed E-state index contributed by atoms with van der Waals surface area (Å²) in [4.78, 5) is 15.1. The van der Waals surface area contributed by atoms with Crippen LogP contribution in [0.15, 0.2) is 42.6 Å². The molecule has 1 unspecified atom stereocenters. The van der Waals surface area contributed by atoms with Crippen LogP contribution < -0.4 is 9.47 Å². The molecule has 1 aromatic heterocycles. The number of hydrogen-bond donors (Lipinski definition) is 0. The first kappa shape index (κ1) is 20.5. The number of nitrogens with zero attached hydrogens (tertiary/aromatic N) is 1. The van der Waals surface area contributed by atoms with Gasteiger partial charge in [0.2, 0.25) is 12.2 Å². The van der Waals surface area contributed by atoms with E-state index < -0.39 is 18.0 Å². The molecule has 0 aliphatic rings. The van der Waals surface area contributed by atoms with E-state index in [4.69, 9.17) is 14.2 Å². The molecule has 27 heavy (non-hydrogen) atoms. The van der Waals surface area contributed by atoms with E-state index in [1.165, 1.54) is 0 Å². The molecule has 0 fully saturated rings. The summed E-state index contributed by atoms with van der Waals surface area (Å²) in [5.41, 5.74) is -0.845. The molecule has 0 radical (unpaired) electrons. The maximum Gasteiger partial charge on any atom is 0.417 e. The van der Waals surface area contributed by atoms with Crippen molar-refractivity contribution in [3.63, 3.8) is 0 Å². The van der Waals surface area contributed by atoms with Gasteiger partial charge in [0.05, 0.1) is 5.56 Å². The molecule has 0 spiro atoms. The van der Waals surface area contributed by atoms with E-state index in [1.54, 1.807) is 31.2 Å². The Morgan fingerprint density at radius 1 is 1.07 bits per heavy atom. The lowest BCUT2D eigenvalue weighted by Crippen LogP contribution is -2.23. The van der Waals surface area contributed by atoms with Gasteiger partial charge >= 0.3 is 12.1 Å². The number of halogens is 3. The van der Waals surface area contributed by atoms with Crippen LogP contribution in [0.2, 0.25) is 0 Å². The summed E-state index contributed by atoms with van der Waals surface area (Å²) in [6, 6.07) is 8.44. The zero-order chi connectivity index (χ0) is 19.9. The third kappa shape index (κ3) is 6.47. The summed E-state index contributed by atoms with van der Waals surface area (Å²) in [5, 5.41) is 0. The first-order valence-corrected chi connectivity index (χ1v) is 8.49. The summed E-state index contributed by atoms with van der Waals surface area (Å²) in [6.45, 7) is 3.65. The Kier molecular flexibility index (Phi) is 7.04. The van der Waals surface area contributed by atoms with Gasteiger partial charge in [0.15, 0.2) is 0 Å². The monoisotopic (exact) mass is 383 g/mol. The number of hydrogen-bond acceptors (Lipinski definition) is 5. The lowest BCUT2D eigenvalue weighted by molar-refractivity contribution is -0.164. The summed E-state index contributed by atoms with van der Waals surface area (Å²) >= 11 is 0. The van der Waals surface area contributed by atoms with Crippen LogP contribution in [0, 0.1) is 0 Å². The SMILES string of the molecule is CCCC(OC(=O)CC)Oc1ccc(Oc2ccc(C(F)(F)F)cn2)cc1. The molecule has 0 saturated heterocycles. The van der Waals surface area contributed by atoms with E-state index in [1.807, 2.05) is 6.92 Å². The van der Waals surface area contributed by atoms with Gasteiger partial charge in [-0.3, -0.25) is 4.79 Å². The molecule has 0 aliphatic heterocycles. The second-order valence-corrected chi connectivity index (χ2v) is 5.64. The Hall–Kier alpha value is -2.77. The highest BCUT2D eigenvalue weighted by atomic mass is 19.4. The molecule has 5 nitrogen and oxygen atoms in total. The maximum atomic E-state index is 12.5. The number of carbonyl (C=O) groups is 1. The molecule has 8 heteroatoms. The molecule has 2 aromatic rings. The first-order valence-electron chi connectivity index (χ1n) is 8.49. The van der Waals surface area contributed by atoms with E-state index >= 15 is 0 Å². The van der Waals surface area contributed by atoms with Crippen LogP contribution in [-0.2, 0) is 15.7 Å². The van der Waals surface area contributed by atoms with Crippen LogP contribution in [0.4, 0.5) is 13.2 Å². The van der Waals surface area contributed by atoms with E-state index in [9.17, 15) is 18.0 Å². The molecule has 146 valence electrons. The van der Waals surface area contributed by atoms with Gasteiger partial charge in [0, 0.05) is 25.1 Å². The minimum absolute atomic E-state index is 0.0393. The van der Waals surface area contributed by atoms with Gasteiger partial charge in [-0.1, -0.05) is 13.8 Å². The maximum absolute atomic E-state index is 12.5. The van der Waals surface area contributed by atoms with Crippen molar-refractivity contribution >= 4 is 5.97 Å². The summed E-state index contributed by atoms with van der Waals surface area (Å²) in [5.74, 6) is 0.552. The van der Waals surface area contributed by atoms with Gasteiger partial charge in [-0.2, -0.15) is 13.2 Å². The lowest BCUT2D eigenvalue weighted by atomic mass is 10.3. The Balaban J connectivity index is 1.98. The fourth-order valence-electron chi connectivity index (χ4n) is 2.07. The molecule has 1 heterocycles. The number of ether oxygens (including phenoxy) is 3. The highest BCUT2D eigenvalue weighted by molar-refractivity contribution is 5.69. The third-order valence-electron chi connectivity index (χ3n) is 3.45. The van der Waals surface area contributed by atoms with Crippen LogP contribution >= 0.6 is 0 Å². The quantitative estimate of drug-likeness (QED) is 0.454. The van der Waals surface area contributed by atoms with Crippen molar-refractivity contribution in [3.05, 3.63) is 48.2 Å². The number of rotatable bonds is 8. The molecule has 0 amide bonds. The van der Waals surface area contributed by atoms with Crippen LogP contribution in [-0.4, -0.2) is 17.2 Å². The van der Waals surface area contributed by atoms with Crippen LogP contribution in [0.25, 0.3) is 0 Å². The highest BCUT2D eigenvalue weighted by Gasteiger charge is 2.30. The average Bonchev–Trinajstić information content (AvgIpc) is 2.63. The third-order valence-corrected chi connectivity index (χ3v) is 3.45. The van der Waals surface area contributed by atoms with Crippen molar-refractivity contribution in [1.29, 1.82) is 0 Å². The smallest absolute Gasteiger partial charge is 0.417 e. The predicted molar refractivity (Wildman–Crippen MR) is 91.5 cm³/mol. The van der Waals surface area contributed by atoms with Crippen LogP contribution in [0.5, 0.6) is 17.4 Å². The second kappa shape index (κ2) is 9.25. The minimum Gasteiger partial charge on any atom is -0.455 e. The van der Waals surface area contributed by atoms with Gasteiger partial charge in [0.1, 0.15) is 11.5 Å². The summed E-state index contributed by atoms with van der Waals surface area (Å²) in [6.07, 6.45) is -2.81. The van der Waals surface area contributed by atoms with Crippen molar-refractivity contribution in [3.8, 4) is 17.4 Å². The molecule has 0 bridgehead atoms. The number of alkyl halides is 3. The Labute approximate surface area is 155 Å². The molecular formula is C19H20F3NO4. The Morgan fingerprint density at radius 3 is 2.26 bits per heavy atom. The van der Waals surface area contributed by atoms with E-state index in [0.29, 0.717) is 24.1 Å².